The van der Waals surface area contributed by atoms with Gasteiger partial charge in [-0.2, -0.15) is 0 Å². The zero-order chi connectivity index (χ0) is 23.5. The van der Waals surface area contributed by atoms with E-state index in [4.69, 9.17) is 4.74 Å². The van der Waals surface area contributed by atoms with Crippen molar-refractivity contribution in [3.05, 3.63) is 88.2 Å². The van der Waals surface area contributed by atoms with E-state index in [2.05, 4.69) is 45.0 Å². The molecule has 3 nitrogen and oxygen atoms in total. The summed E-state index contributed by atoms with van der Waals surface area (Å²) in [6, 6.07) is 14.6. The summed E-state index contributed by atoms with van der Waals surface area (Å²) in [5.41, 5.74) is 6.70. The maximum atomic E-state index is 13.9. The first-order valence-corrected chi connectivity index (χ1v) is 12.2. The Kier molecular flexibility index (Phi) is 6.97. The average molecular weight is 443 g/mol. The fourth-order valence-electron chi connectivity index (χ4n) is 5.56. The number of aryl methyl sites for hydroxylation is 3. The van der Waals surface area contributed by atoms with Crippen LogP contribution in [0.15, 0.2) is 60.4 Å². The smallest absolute Gasteiger partial charge is 0.170 e. The van der Waals surface area contributed by atoms with E-state index in [0.717, 1.165) is 48.1 Å². The molecule has 0 spiro atoms. The van der Waals surface area contributed by atoms with Gasteiger partial charge in [0.1, 0.15) is 12.4 Å². The Morgan fingerprint density at radius 2 is 1.67 bits per heavy atom. The van der Waals surface area contributed by atoms with Crippen molar-refractivity contribution in [2.75, 3.05) is 0 Å². The summed E-state index contributed by atoms with van der Waals surface area (Å²) in [6.07, 6.45) is 7.03. The van der Waals surface area contributed by atoms with Crippen LogP contribution in [0.5, 0.6) is 0 Å². The van der Waals surface area contributed by atoms with Crippen LogP contribution >= 0.6 is 0 Å². The lowest BCUT2D eigenvalue weighted by Crippen LogP contribution is -2.13. The highest BCUT2D eigenvalue weighted by molar-refractivity contribution is 6.25. The highest BCUT2D eigenvalue weighted by atomic mass is 16.5. The molecule has 0 radical (unpaired) electrons. The van der Waals surface area contributed by atoms with Gasteiger partial charge < -0.3 is 4.74 Å². The SMILES string of the molecule is CCc1cc(C)cc(CC)c1C1=C(OCc2ccccc2)C2CC(C=CC(C)=O)CC2C1=O. The Bertz CT molecular complexity index is 1080. The molecule has 1 fully saturated rings. The summed E-state index contributed by atoms with van der Waals surface area (Å²) in [4.78, 5) is 25.3. The Hall–Kier alpha value is -2.94. The number of Topliss-reactive ketones (excluding diaryl/α,β-unsaturated/α-hetero) is 1. The molecule has 0 aromatic heterocycles. The number of allylic oxidation sites excluding steroid dienone is 4. The number of carbonyl (C=O) groups is 2. The number of hydrogen-bond donors (Lipinski definition) is 0. The molecule has 33 heavy (non-hydrogen) atoms. The lowest BCUT2D eigenvalue weighted by Gasteiger charge is -2.19. The van der Waals surface area contributed by atoms with E-state index >= 15 is 0 Å². The zero-order valence-corrected chi connectivity index (χ0v) is 20.2. The van der Waals surface area contributed by atoms with Gasteiger partial charge in [0, 0.05) is 11.8 Å². The average Bonchev–Trinajstić information content (AvgIpc) is 3.34. The highest BCUT2D eigenvalue weighted by Crippen LogP contribution is 2.52. The van der Waals surface area contributed by atoms with Gasteiger partial charge in [0.05, 0.1) is 5.57 Å². The summed E-state index contributed by atoms with van der Waals surface area (Å²) in [7, 11) is 0. The van der Waals surface area contributed by atoms with Crippen molar-refractivity contribution in [2.45, 2.75) is 60.0 Å². The molecule has 2 aliphatic carbocycles. The number of hydrogen-bond acceptors (Lipinski definition) is 3. The van der Waals surface area contributed by atoms with Crippen molar-refractivity contribution >= 4 is 17.1 Å². The van der Waals surface area contributed by atoms with Crippen LogP contribution in [-0.4, -0.2) is 11.6 Å². The molecule has 4 rings (SSSR count). The predicted octanol–water partition coefficient (Wildman–Crippen LogP) is 6.42. The minimum absolute atomic E-state index is 0.0509. The van der Waals surface area contributed by atoms with Crippen LogP contribution in [0.1, 0.15) is 61.4 Å². The van der Waals surface area contributed by atoms with Crippen molar-refractivity contribution in [3.8, 4) is 0 Å². The molecule has 1 saturated carbocycles. The molecule has 172 valence electrons. The van der Waals surface area contributed by atoms with Crippen LogP contribution in [0, 0.1) is 24.7 Å². The molecule has 2 aromatic rings. The van der Waals surface area contributed by atoms with Crippen LogP contribution in [0.4, 0.5) is 0 Å². The Labute approximate surface area is 197 Å². The third-order valence-electron chi connectivity index (χ3n) is 7.06. The predicted molar refractivity (Wildman–Crippen MR) is 133 cm³/mol. The molecule has 0 amide bonds. The molecular weight excluding hydrogens is 408 g/mol. The van der Waals surface area contributed by atoms with E-state index in [0.29, 0.717) is 6.61 Å². The van der Waals surface area contributed by atoms with Crippen LogP contribution < -0.4 is 0 Å². The number of carbonyl (C=O) groups excluding carboxylic acids is 2. The van der Waals surface area contributed by atoms with Gasteiger partial charge in [-0.1, -0.05) is 68.0 Å². The lowest BCUT2D eigenvalue weighted by atomic mass is 9.87. The van der Waals surface area contributed by atoms with Crippen LogP contribution in [0.2, 0.25) is 0 Å². The number of ether oxygens (including phenoxy) is 1. The monoisotopic (exact) mass is 442 g/mol. The normalized spacial score (nSPS) is 22.3. The summed E-state index contributed by atoms with van der Waals surface area (Å²) in [5, 5.41) is 0. The van der Waals surface area contributed by atoms with Crippen molar-refractivity contribution in [3.63, 3.8) is 0 Å². The number of benzene rings is 2. The van der Waals surface area contributed by atoms with Crippen LogP contribution in [0.25, 0.3) is 5.57 Å². The highest BCUT2D eigenvalue weighted by Gasteiger charge is 2.49. The fourth-order valence-corrected chi connectivity index (χ4v) is 5.56. The topological polar surface area (TPSA) is 43.4 Å². The summed E-state index contributed by atoms with van der Waals surface area (Å²) in [5.74, 6) is 1.38. The molecule has 2 aromatic carbocycles. The first kappa shape index (κ1) is 23.2. The molecule has 3 atom stereocenters. The van der Waals surface area contributed by atoms with Crippen molar-refractivity contribution < 1.29 is 14.3 Å². The summed E-state index contributed by atoms with van der Waals surface area (Å²) in [6.45, 7) is 8.47. The Balaban J connectivity index is 1.78. The fraction of sp³-hybridized carbons (Fsp3) is 0.400. The summed E-state index contributed by atoms with van der Waals surface area (Å²) < 4.78 is 6.51. The van der Waals surface area contributed by atoms with Crippen molar-refractivity contribution in [2.24, 2.45) is 17.8 Å². The maximum absolute atomic E-state index is 13.9. The molecule has 3 unspecified atom stereocenters. The first-order valence-electron chi connectivity index (χ1n) is 12.2. The van der Waals surface area contributed by atoms with E-state index in [9.17, 15) is 9.59 Å². The second-order valence-corrected chi connectivity index (χ2v) is 9.46. The van der Waals surface area contributed by atoms with Gasteiger partial charge >= 0.3 is 0 Å². The van der Waals surface area contributed by atoms with Gasteiger partial charge in [0.25, 0.3) is 0 Å². The second-order valence-electron chi connectivity index (χ2n) is 9.46. The quantitative estimate of drug-likeness (QED) is 0.443. The third-order valence-corrected chi connectivity index (χ3v) is 7.06. The molecular formula is C30H34O3. The first-order chi connectivity index (χ1) is 15.9. The van der Waals surface area contributed by atoms with E-state index < -0.39 is 0 Å². The summed E-state index contributed by atoms with van der Waals surface area (Å²) >= 11 is 0. The maximum Gasteiger partial charge on any atom is 0.170 e. The van der Waals surface area contributed by atoms with E-state index in [1.165, 1.54) is 16.7 Å². The van der Waals surface area contributed by atoms with Crippen LogP contribution in [-0.2, 0) is 33.8 Å². The van der Waals surface area contributed by atoms with Crippen molar-refractivity contribution in [1.29, 1.82) is 0 Å². The van der Waals surface area contributed by atoms with E-state index in [-0.39, 0.29) is 29.3 Å². The van der Waals surface area contributed by atoms with Gasteiger partial charge in [0.2, 0.25) is 0 Å². The van der Waals surface area contributed by atoms with Gasteiger partial charge in [0.15, 0.2) is 11.6 Å². The largest absolute Gasteiger partial charge is 0.492 e. The molecule has 0 aliphatic heterocycles. The Morgan fingerprint density at radius 3 is 2.27 bits per heavy atom. The molecule has 2 aliphatic rings. The lowest BCUT2D eigenvalue weighted by molar-refractivity contribution is -0.117. The molecule has 3 heteroatoms. The number of ketones is 2. The molecule has 0 bridgehead atoms. The third kappa shape index (κ3) is 4.73. The number of fused-ring (bicyclic) bond motifs is 1. The van der Waals surface area contributed by atoms with E-state index in [1.54, 1.807) is 13.0 Å². The molecule has 0 N–H and O–H groups in total. The minimum Gasteiger partial charge on any atom is -0.492 e. The van der Waals surface area contributed by atoms with E-state index in [1.807, 2.05) is 24.3 Å². The minimum atomic E-state index is -0.0666. The van der Waals surface area contributed by atoms with Gasteiger partial charge in [-0.25, -0.2) is 0 Å². The Morgan fingerprint density at radius 1 is 1.03 bits per heavy atom. The zero-order valence-electron chi connectivity index (χ0n) is 20.2. The van der Waals surface area contributed by atoms with Gasteiger partial charge in [-0.3, -0.25) is 9.59 Å². The molecule has 0 heterocycles. The molecule has 0 saturated heterocycles. The second kappa shape index (κ2) is 9.91. The number of rotatable bonds is 8. The van der Waals surface area contributed by atoms with Crippen molar-refractivity contribution in [1.82, 2.24) is 0 Å². The van der Waals surface area contributed by atoms with Crippen LogP contribution in [0.3, 0.4) is 0 Å². The standard InChI is InChI=1S/C30H34O3/c1-5-23-14-19(3)15-24(6-2)27(23)28-29(32)25-16-22(13-12-20(4)31)17-26(25)30(28)33-18-21-10-8-7-9-11-21/h7-15,22,25-26H,5-6,16-18H2,1-4H3. The van der Waals surface area contributed by atoms with Gasteiger partial charge in [-0.15, -0.1) is 0 Å². The van der Waals surface area contributed by atoms with Gasteiger partial charge in [-0.05, 0) is 73.8 Å².